The number of rotatable bonds is 5. The Hall–Kier alpha value is -3.99. The highest BCUT2D eigenvalue weighted by Gasteiger charge is 2.45. The zero-order valence-corrected chi connectivity index (χ0v) is 14.1. The molecule has 1 N–H and O–H groups in total. The van der Waals surface area contributed by atoms with E-state index in [9.17, 15) is 19.2 Å². The second-order valence-corrected chi connectivity index (χ2v) is 5.79. The Labute approximate surface area is 154 Å². The Bertz CT molecular complexity index is 948. The molecule has 2 aromatic rings. The maximum absolute atomic E-state index is 12.4. The third-order valence-corrected chi connectivity index (χ3v) is 3.92. The van der Waals surface area contributed by atoms with E-state index in [0.717, 1.165) is 4.90 Å². The van der Waals surface area contributed by atoms with E-state index in [1.54, 1.807) is 30.3 Å². The lowest BCUT2D eigenvalue weighted by atomic mass is 10.2. The first-order valence-corrected chi connectivity index (χ1v) is 8.01. The van der Waals surface area contributed by atoms with Gasteiger partial charge >= 0.3 is 17.8 Å². The summed E-state index contributed by atoms with van der Waals surface area (Å²) in [4.78, 5) is 50.1. The van der Waals surface area contributed by atoms with E-state index < -0.39 is 30.3 Å². The molecule has 1 saturated heterocycles. The van der Waals surface area contributed by atoms with Crippen molar-refractivity contribution in [3.8, 4) is 6.07 Å². The predicted octanol–water partition coefficient (Wildman–Crippen LogP) is 1.49. The van der Waals surface area contributed by atoms with Crippen LogP contribution in [0.15, 0.2) is 54.6 Å². The summed E-state index contributed by atoms with van der Waals surface area (Å²) in [6, 6.07) is 16.0. The minimum Gasteiger partial charge on any atom is -0.325 e. The molecule has 1 fully saturated rings. The largest absolute Gasteiger partial charge is 0.335 e. The Morgan fingerprint density at radius 1 is 0.926 bits per heavy atom. The SMILES string of the molecule is N#Cc1ccc(NC(=O)CN2C(=O)C(=O)N(Cc3ccccc3)C2=O)cc1. The van der Waals surface area contributed by atoms with Gasteiger partial charge in [0.15, 0.2) is 0 Å². The van der Waals surface area contributed by atoms with E-state index >= 15 is 0 Å². The van der Waals surface area contributed by atoms with Crippen LogP contribution in [-0.4, -0.2) is 40.1 Å². The zero-order valence-electron chi connectivity index (χ0n) is 14.1. The van der Waals surface area contributed by atoms with Crippen molar-refractivity contribution in [2.24, 2.45) is 0 Å². The van der Waals surface area contributed by atoms with Crippen LogP contribution in [0.1, 0.15) is 11.1 Å². The molecule has 134 valence electrons. The minimum atomic E-state index is -1.04. The number of anilines is 1. The Morgan fingerprint density at radius 3 is 2.19 bits per heavy atom. The number of hydrogen-bond acceptors (Lipinski definition) is 5. The fraction of sp³-hybridized carbons (Fsp3) is 0.105. The summed E-state index contributed by atoms with van der Waals surface area (Å²) >= 11 is 0. The van der Waals surface area contributed by atoms with Crippen molar-refractivity contribution in [1.29, 1.82) is 5.26 Å². The lowest BCUT2D eigenvalue weighted by molar-refractivity contribution is -0.143. The summed E-state index contributed by atoms with van der Waals surface area (Å²) < 4.78 is 0. The lowest BCUT2D eigenvalue weighted by Gasteiger charge is -2.15. The molecule has 0 saturated carbocycles. The maximum Gasteiger partial charge on any atom is 0.335 e. The molecule has 1 aliphatic rings. The summed E-state index contributed by atoms with van der Waals surface area (Å²) in [5, 5.41) is 11.3. The molecule has 1 heterocycles. The van der Waals surface area contributed by atoms with Crippen LogP contribution in [-0.2, 0) is 20.9 Å². The fourth-order valence-corrected chi connectivity index (χ4v) is 2.57. The molecule has 0 aromatic heterocycles. The van der Waals surface area contributed by atoms with Gasteiger partial charge in [0.1, 0.15) is 6.54 Å². The third-order valence-electron chi connectivity index (χ3n) is 3.92. The average Bonchev–Trinajstić information content (AvgIpc) is 2.87. The van der Waals surface area contributed by atoms with Crippen LogP contribution in [0.4, 0.5) is 10.5 Å². The summed E-state index contributed by atoms with van der Waals surface area (Å²) in [5.41, 5.74) is 1.53. The highest BCUT2D eigenvalue weighted by atomic mass is 16.2. The van der Waals surface area contributed by atoms with Gasteiger partial charge in [0, 0.05) is 5.69 Å². The number of amides is 5. The normalized spacial score (nSPS) is 13.7. The quantitative estimate of drug-likeness (QED) is 0.640. The summed E-state index contributed by atoms with van der Waals surface area (Å²) in [6.07, 6.45) is 0. The van der Waals surface area contributed by atoms with Gasteiger partial charge in [-0.25, -0.2) is 9.69 Å². The molecule has 3 rings (SSSR count). The molecule has 0 radical (unpaired) electrons. The van der Waals surface area contributed by atoms with Crippen molar-refractivity contribution in [2.45, 2.75) is 6.54 Å². The van der Waals surface area contributed by atoms with E-state index in [1.807, 2.05) is 6.07 Å². The molecule has 8 heteroatoms. The number of imide groups is 2. The number of benzene rings is 2. The second kappa shape index (κ2) is 7.49. The average molecular weight is 362 g/mol. The number of nitriles is 1. The topological polar surface area (TPSA) is 111 Å². The van der Waals surface area contributed by atoms with E-state index in [1.165, 1.54) is 24.3 Å². The van der Waals surface area contributed by atoms with Gasteiger partial charge < -0.3 is 5.32 Å². The van der Waals surface area contributed by atoms with Gasteiger partial charge in [0.25, 0.3) is 0 Å². The van der Waals surface area contributed by atoms with Crippen LogP contribution in [0.3, 0.4) is 0 Å². The van der Waals surface area contributed by atoms with Crippen molar-refractivity contribution < 1.29 is 19.2 Å². The highest BCUT2D eigenvalue weighted by Crippen LogP contribution is 2.16. The first-order chi connectivity index (χ1) is 13.0. The monoisotopic (exact) mass is 362 g/mol. The first kappa shape index (κ1) is 17.8. The van der Waals surface area contributed by atoms with Crippen molar-refractivity contribution in [3.63, 3.8) is 0 Å². The molecule has 1 aliphatic heterocycles. The van der Waals surface area contributed by atoms with Gasteiger partial charge in [-0.3, -0.25) is 19.3 Å². The number of hydrogen-bond donors (Lipinski definition) is 1. The Morgan fingerprint density at radius 2 is 1.56 bits per heavy atom. The molecule has 8 nitrogen and oxygen atoms in total. The van der Waals surface area contributed by atoms with Crippen molar-refractivity contribution >= 4 is 29.4 Å². The molecule has 27 heavy (non-hydrogen) atoms. The third kappa shape index (κ3) is 3.82. The van der Waals surface area contributed by atoms with Gasteiger partial charge in [-0.05, 0) is 29.8 Å². The van der Waals surface area contributed by atoms with Crippen LogP contribution >= 0.6 is 0 Å². The molecule has 0 atom stereocenters. The van der Waals surface area contributed by atoms with E-state index in [4.69, 9.17) is 5.26 Å². The van der Waals surface area contributed by atoms with E-state index in [2.05, 4.69) is 5.32 Å². The van der Waals surface area contributed by atoms with Crippen LogP contribution < -0.4 is 5.32 Å². The smallest absolute Gasteiger partial charge is 0.325 e. The minimum absolute atomic E-state index is 0.0437. The summed E-state index contributed by atoms with van der Waals surface area (Å²) in [6.45, 7) is -0.618. The zero-order chi connectivity index (χ0) is 19.4. The van der Waals surface area contributed by atoms with Crippen LogP contribution in [0.2, 0.25) is 0 Å². The first-order valence-electron chi connectivity index (χ1n) is 8.01. The van der Waals surface area contributed by atoms with Crippen molar-refractivity contribution in [3.05, 3.63) is 65.7 Å². The summed E-state index contributed by atoms with van der Waals surface area (Å²) in [7, 11) is 0. The van der Waals surface area contributed by atoms with Crippen molar-refractivity contribution in [2.75, 3.05) is 11.9 Å². The second-order valence-electron chi connectivity index (χ2n) is 5.79. The van der Waals surface area contributed by atoms with E-state index in [0.29, 0.717) is 21.7 Å². The van der Waals surface area contributed by atoms with E-state index in [-0.39, 0.29) is 6.54 Å². The molecule has 2 aromatic carbocycles. The highest BCUT2D eigenvalue weighted by molar-refractivity contribution is 6.45. The van der Waals surface area contributed by atoms with Gasteiger partial charge in [0.05, 0.1) is 18.2 Å². The number of carbonyl (C=O) groups is 4. The molecule has 0 unspecified atom stereocenters. The van der Waals surface area contributed by atoms with Crippen LogP contribution in [0, 0.1) is 11.3 Å². The number of carbonyl (C=O) groups excluding carboxylic acids is 4. The Kier molecular flexibility index (Phi) is 4.95. The van der Waals surface area contributed by atoms with Crippen LogP contribution in [0.5, 0.6) is 0 Å². The van der Waals surface area contributed by atoms with Gasteiger partial charge in [-0.2, -0.15) is 5.26 Å². The molecule has 5 amide bonds. The molecule has 0 spiro atoms. The van der Waals surface area contributed by atoms with Crippen molar-refractivity contribution in [1.82, 2.24) is 9.80 Å². The van der Waals surface area contributed by atoms with Gasteiger partial charge in [-0.15, -0.1) is 0 Å². The molecular formula is C19H14N4O4. The standard InChI is InChI=1S/C19H14N4O4/c20-10-13-6-8-15(9-7-13)21-16(24)12-23-18(26)17(25)22(19(23)27)11-14-4-2-1-3-5-14/h1-9H,11-12H2,(H,21,24). The number of urea groups is 1. The van der Waals surface area contributed by atoms with Gasteiger partial charge in [0.2, 0.25) is 5.91 Å². The van der Waals surface area contributed by atoms with Crippen LogP contribution in [0.25, 0.3) is 0 Å². The maximum atomic E-state index is 12.4. The number of nitrogens with one attached hydrogen (secondary N) is 1. The van der Waals surface area contributed by atoms with Gasteiger partial charge in [-0.1, -0.05) is 30.3 Å². The lowest BCUT2D eigenvalue weighted by Crippen LogP contribution is -2.38. The number of nitrogens with zero attached hydrogens (tertiary/aromatic N) is 3. The molecule has 0 aliphatic carbocycles. The molecular weight excluding hydrogens is 348 g/mol. The predicted molar refractivity (Wildman–Crippen MR) is 93.9 cm³/mol. The summed E-state index contributed by atoms with van der Waals surface area (Å²) in [5.74, 6) is -2.63. The fourth-order valence-electron chi connectivity index (χ4n) is 2.57. The Balaban J connectivity index is 1.66. The molecule has 0 bridgehead atoms.